The maximum Gasteiger partial charge on any atom is 0.220 e. The van der Waals surface area contributed by atoms with E-state index in [1.165, 1.54) is 0 Å². The molecule has 0 bridgehead atoms. The van der Waals surface area contributed by atoms with Crippen LogP contribution in [0, 0.1) is 0 Å². The molecule has 3 atom stereocenters. The van der Waals surface area contributed by atoms with E-state index in [-0.39, 0.29) is 18.1 Å². The normalized spacial score (nSPS) is 23.0. The van der Waals surface area contributed by atoms with E-state index in [4.69, 9.17) is 4.74 Å². The van der Waals surface area contributed by atoms with Crippen LogP contribution in [0.1, 0.15) is 37.7 Å². The summed E-state index contributed by atoms with van der Waals surface area (Å²) in [7, 11) is 0. The smallest absolute Gasteiger partial charge is 0.220 e. The summed E-state index contributed by atoms with van der Waals surface area (Å²) in [5.74, 6) is 0.707. The first-order chi connectivity index (χ1) is 12.7. The molecule has 1 amide bonds. The fraction of sp³-hybridized carbons (Fsp3) is 0.429. The molecule has 3 rings (SSSR count). The zero-order valence-electron chi connectivity index (χ0n) is 14.9. The standard InChI is InChI=1S/C21H26N2O3/c24-20(13-12-16-7-6-14-22-15-16)23-18-10-4-5-11-19(21(18)25)26-17-8-2-1-3-9-17/h1-3,6-9,14-15,18-19,21,25H,4-5,10-13H2,(H,23,24)/t18-,19-,21-/m1/s1. The highest BCUT2D eigenvalue weighted by Crippen LogP contribution is 2.24. The van der Waals surface area contributed by atoms with Gasteiger partial charge in [-0.05, 0) is 49.4 Å². The lowest BCUT2D eigenvalue weighted by Crippen LogP contribution is -2.49. The van der Waals surface area contributed by atoms with E-state index in [1.807, 2.05) is 42.5 Å². The Morgan fingerprint density at radius 1 is 1.15 bits per heavy atom. The molecule has 2 N–H and O–H groups in total. The van der Waals surface area contributed by atoms with Gasteiger partial charge in [0.1, 0.15) is 18.0 Å². The van der Waals surface area contributed by atoms with Crippen LogP contribution in [0.2, 0.25) is 0 Å². The van der Waals surface area contributed by atoms with Crippen LogP contribution in [-0.4, -0.2) is 34.2 Å². The highest BCUT2D eigenvalue weighted by Gasteiger charge is 2.32. The predicted molar refractivity (Wildman–Crippen MR) is 99.8 cm³/mol. The topological polar surface area (TPSA) is 71.5 Å². The third-order valence-electron chi connectivity index (χ3n) is 4.79. The molecule has 1 aromatic heterocycles. The van der Waals surface area contributed by atoms with Gasteiger partial charge in [-0.3, -0.25) is 9.78 Å². The van der Waals surface area contributed by atoms with Gasteiger partial charge in [0.25, 0.3) is 0 Å². The van der Waals surface area contributed by atoms with Crippen molar-refractivity contribution in [1.29, 1.82) is 0 Å². The summed E-state index contributed by atoms with van der Waals surface area (Å²) in [4.78, 5) is 16.4. The van der Waals surface area contributed by atoms with Crippen LogP contribution in [0.25, 0.3) is 0 Å². The summed E-state index contributed by atoms with van der Waals surface area (Å²) >= 11 is 0. The number of rotatable bonds is 6. The van der Waals surface area contributed by atoms with Crippen molar-refractivity contribution in [2.45, 2.75) is 56.8 Å². The molecule has 0 aliphatic heterocycles. The van der Waals surface area contributed by atoms with Gasteiger partial charge in [-0.25, -0.2) is 0 Å². The molecule has 0 spiro atoms. The van der Waals surface area contributed by atoms with Crippen LogP contribution in [0.3, 0.4) is 0 Å². The lowest BCUT2D eigenvalue weighted by atomic mass is 10.0. The van der Waals surface area contributed by atoms with Crippen molar-refractivity contribution in [1.82, 2.24) is 10.3 Å². The lowest BCUT2D eigenvalue weighted by molar-refractivity contribution is -0.123. The highest BCUT2D eigenvalue weighted by atomic mass is 16.5. The van der Waals surface area contributed by atoms with Gasteiger partial charge in [0.05, 0.1) is 6.04 Å². The molecule has 5 nitrogen and oxygen atoms in total. The van der Waals surface area contributed by atoms with Gasteiger partial charge in [0.15, 0.2) is 0 Å². The molecule has 2 aromatic rings. The minimum absolute atomic E-state index is 0.0433. The number of hydrogen-bond acceptors (Lipinski definition) is 4. The zero-order valence-corrected chi connectivity index (χ0v) is 14.9. The van der Waals surface area contributed by atoms with Crippen molar-refractivity contribution >= 4 is 5.91 Å². The number of hydrogen-bond donors (Lipinski definition) is 2. The lowest BCUT2D eigenvalue weighted by Gasteiger charge is -2.28. The van der Waals surface area contributed by atoms with Gasteiger partial charge < -0.3 is 15.2 Å². The molecule has 1 aromatic carbocycles. The van der Waals surface area contributed by atoms with Gasteiger partial charge in [0, 0.05) is 18.8 Å². The van der Waals surface area contributed by atoms with Crippen LogP contribution in [-0.2, 0) is 11.2 Å². The van der Waals surface area contributed by atoms with Crippen molar-refractivity contribution in [2.24, 2.45) is 0 Å². The largest absolute Gasteiger partial charge is 0.488 e. The number of para-hydroxylation sites is 1. The predicted octanol–water partition coefficient (Wildman–Crippen LogP) is 2.88. The Kier molecular flexibility index (Phi) is 6.61. The molecule has 1 heterocycles. The SMILES string of the molecule is O=C(CCc1cccnc1)N[C@@H]1CCCC[C@@H](Oc2ccccc2)[C@@H]1O. The number of benzene rings is 1. The second-order valence-electron chi connectivity index (χ2n) is 6.78. The van der Waals surface area contributed by atoms with E-state index in [0.717, 1.165) is 37.0 Å². The van der Waals surface area contributed by atoms with Crippen LogP contribution in [0.15, 0.2) is 54.9 Å². The van der Waals surface area contributed by atoms with Crippen LogP contribution in [0.4, 0.5) is 0 Å². The van der Waals surface area contributed by atoms with E-state index >= 15 is 0 Å². The van der Waals surface area contributed by atoms with Gasteiger partial charge in [-0.1, -0.05) is 30.7 Å². The number of amides is 1. The van der Waals surface area contributed by atoms with E-state index in [0.29, 0.717) is 12.8 Å². The minimum atomic E-state index is -0.708. The fourth-order valence-corrected chi connectivity index (χ4v) is 3.35. The number of nitrogens with zero attached hydrogens (tertiary/aromatic N) is 1. The summed E-state index contributed by atoms with van der Waals surface area (Å²) in [5.41, 5.74) is 1.04. The molecule has 138 valence electrons. The van der Waals surface area contributed by atoms with E-state index in [1.54, 1.807) is 12.4 Å². The first-order valence-corrected chi connectivity index (χ1v) is 9.30. The molecule has 1 fully saturated rings. The molecular weight excluding hydrogens is 328 g/mol. The highest BCUT2D eigenvalue weighted by molar-refractivity contribution is 5.76. The van der Waals surface area contributed by atoms with E-state index < -0.39 is 6.10 Å². The van der Waals surface area contributed by atoms with Crippen molar-refractivity contribution in [3.05, 3.63) is 60.4 Å². The maximum atomic E-state index is 12.3. The van der Waals surface area contributed by atoms with E-state index in [9.17, 15) is 9.90 Å². The molecule has 1 saturated carbocycles. The average molecular weight is 354 g/mol. The number of nitrogens with one attached hydrogen (secondary N) is 1. The third kappa shape index (κ3) is 5.30. The zero-order chi connectivity index (χ0) is 18.2. The van der Waals surface area contributed by atoms with Gasteiger partial charge in [-0.2, -0.15) is 0 Å². The number of aliphatic hydroxyl groups is 1. The molecule has 0 saturated heterocycles. The Bertz CT molecular complexity index is 678. The number of carbonyl (C=O) groups excluding carboxylic acids is 1. The second kappa shape index (κ2) is 9.34. The minimum Gasteiger partial charge on any atom is -0.488 e. The summed E-state index contributed by atoms with van der Waals surface area (Å²) in [6.07, 6.45) is 7.03. The number of aliphatic hydroxyl groups excluding tert-OH is 1. The first kappa shape index (κ1) is 18.4. The summed E-state index contributed by atoms with van der Waals surface area (Å²) in [5, 5.41) is 13.8. The molecule has 26 heavy (non-hydrogen) atoms. The Morgan fingerprint density at radius 2 is 1.96 bits per heavy atom. The van der Waals surface area contributed by atoms with Crippen molar-refractivity contribution in [2.75, 3.05) is 0 Å². The molecule has 0 radical (unpaired) electrons. The first-order valence-electron chi connectivity index (χ1n) is 9.30. The molecule has 1 aliphatic rings. The molecule has 1 aliphatic carbocycles. The van der Waals surface area contributed by atoms with E-state index in [2.05, 4.69) is 10.3 Å². The van der Waals surface area contributed by atoms with Crippen molar-refractivity contribution in [3.63, 3.8) is 0 Å². The van der Waals surface area contributed by atoms with Crippen molar-refractivity contribution < 1.29 is 14.6 Å². The molecular formula is C21H26N2O3. The van der Waals surface area contributed by atoms with Gasteiger partial charge in [-0.15, -0.1) is 0 Å². The number of carbonyl (C=O) groups is 1. The summed E-state index contributed by atoms with van der Waals surface area (Å²) in [6, 6.07) is 13.1. The average Bonchev–Trinajstić information content (AvgIpc) is 2.84. The molecule has 0 unspecified atom stereocenters. The third-order valence-corrected chi connectivity index (χ3v) is 4.79. The van der Waals surface area contributed by atoms with Crippen LogP contribution in [0.5, 0.6) is 5.75 Å². The van der Waals surface area contributed by atoms with Crippen LogP contribution >= 0.6 is 0 Å². The quantitative estimate of drug-likeness (QED) is 0.783. The van der Waals surface area contributed by atoms with Crippen molar-refractivity contribution in [3.8, 4) is 5.75 Å². The number of ether oxygens (including phenoxy) is 1. The van der Waals surface area contributed by atoms with Gasteiger partial charge >= 0.3 is 0 Å². The maximum absolute atomic E-state index is 12.3. The number of aryl methyl sites for hydroxylation is 1. The Morgan fingerprint density at radius 3 is 2.73 bits per heavy atom. The second-order valence-corrected chi connectivity index (χ2v) is 6.78. The summed E-state index contributed by atoms with van der Waals surface area (Å²) < 4.78 is 5.98. The van der Waals surface area contributed by atoms with Crippen LogP contribution < -0.4 is 10.1 Å². The fourth-order valence-electron chi connectivity index (χ4n) is 3.35. The molecule has 5 heteroatoms. The number of aromatic nitrogens is 1. The Balaban J connectivity index is 1.54. The summed E-state index contributed by atoms with van der Waals surface area (Å²) in [6.45, 7) is 0. The Hall–Kier alpha value is -2.40. The Labute approximate surface area is 154 Å². The monoisotopic (exact) mass is 354 g/mol. The number of pyridine rings is 1. The van der Waals surface area contributed by atoms with Gasteiger partial charge in [0.2, 0.25) is 5.91 Å².